The van der Waals surface area contributed by atoms with Gasteiger partial charge < -0.3 is 10.2 Å². The van der Waals surface area contributed by atoms with Crippen molar-refractivity contribution < 1.29 is 34.2 Å². The van der Waals surface area contributed by atoms with Crippen molar-refractivity contribution in [3.05, 3.63) is 106 Å². The number of aromatic hydroxyl groups is 1. The van der Waals surface area contributed by atoms with Crippen LogP contribution >= 0.6 is 0 Å². The Morgan fingerprint density at radius 1 is 0.929 bits per heavy atom. The zero-order valence-electron chi connectivity index (χ0n) is 22.5. The number of ketones is 2. The Bertz CT molecular complexity index is 1890. The Labute approximate surface area is 240 Å². The van der Waals surface area contributed by atoms with Crippen LogP contribution < -0.4 is 4.90 Å². The van der Waals surface area contributed by atoms with Crippen LogP contribution in [0.15, 0.2) is 95.1 Å². The van der Waals surface area contributed by atoms with E-state index in [2.05, 4.69) is 0 Å². The minimum absolute atomic E-state index is 0.0254. The van der Waals surface area contributed by atoms with Crippen molar-refractivity contribution in [2.75, 3.05) is 4.90 Å². The Morgan fingerprint density at radius 3 is 2.50 bits per heavy atom. The lowest BCUT2D eigenvalue weighted by Crippen LogP contribution is -2.40. The van der Waals surface area contributed by atoms with Gasteiger partial charge in [-0.1, -0.05) is 48.0 Å². The molecule has 0 spiro atoms. The molecule has 0 bridgehead atoms. The molecule has 1 heterocycles. The van der Waals surface area contributed by atoms with Crippen LogP contribution in [-0.4, -0.2) is 39.6 Å². The first-order valence-electron chi connectivity index (χ1n) is 13.8. The molecule has 3 aliphatic carbocycles. The number of imide groups is 1. The van der Waals surface area contributed by atoms with Crippen molar-refractivity contribution >= 4 is 45.8 Å². The first-order chi connectivity index (χ1) is 20.2. The van der Waals surface area contributed by atoms with Gasteiger partial charge in [-0.05, 0) is 66.8 Å². The molecule has 4 atom stereocenters. The summed E-state index contributed by atoms with van der Waals surface area (Å²) in [6.45, 7) is 1.60. The molecule has 42 heavy (non-hydrogen) atoms. The van der Waals surface area contributed by atoms with Gasteiger partial charge >= 0.3 is 5.97 Å². The van der Waals surface area contributed by atoms with E-state index in [1.807, 2.05) is 30.3 Å². The quantitative estimate of drug-likeness (QED) is 0.266. The molecule has 0 radical (unpaired) electrons. The fourth-order valence-corrected chi connectivity index (χ4v) is 7.31. The number of fused-ring (bicyclic) bond motifs is 4. The fourth-order valence-electron chi connectivity index (χ4n) is 7.31. The first-order valence-corrected chi connectivity index (χ1v) is 13.8. The van der Waals surface area contributed by atoms with Gasteiger partial charge in [0.05, 0.1) is 23.1 Å². The topological polar surface area (TPSA) is 129 Å². The largest absolute Gasteiger partial charge is 0.508 e. The number of carboxylic acids is 1. The molecule has 3 aromatic carbocycles. The monoisotopic (exact) mass is 559 g/mol. The number of hydrogen-bond donors (Lipinski definition) is 2. The third kappa shape index (κ3) is 3.57. The average Bonchev–Trinajstić information content (AvgIpc) is 3.24. The number of nitrogens with zero attached hydrogens (tertiary/aromatic N) is 1. The lowest BCUT2D eigenvalue weighted by Gasteiger charge is -2.42. The molecule has 2 amide bonds. The number of carbonyl (C=O) groups is 5. The van der Waals surface area contributed by atoms with Gasteiger partial charge in [0.25, 0.3) is 0 Å². The Balaban J connectivity index is 1.41. The Morgan fingerprint density at radius 2 is 1.71 bits per heavy atom. The van der Waals surface area contributed by atoms with E-state index in [1.54, 1.807) is 19.1 Å². The maximum atomic E-state index is 14.1. The highest BCUT2D eigenvalue weighted by molar-refractivity contribution is 6.25. The fraction of sp³-hybridized carbons (Fsp3) is 0.206. The van der Waals surface area contributed by atoms with E-state index in [4.69, 9.17) is 0 Å². The number of phenolic OH excluding ortho intramolecular Hbond substituents is 1. The zero-order chi connectivity index (χ0) is 29.4. The lowest BCUT2D eigenvalue weighted by atomic mass is 9.59. The third-order valence-corrected chi connectivity index (χ3v) is 9.15. The Kier molecular flexibility index (Phi) is 5.66. The molecule has 7 rings (SSSR count). The second-order valence-corrected chi connectivity index (χ2v) is 11.3. The highest BCUT2D eigenvalue weighted by atomic mass is 16.4. The second-order valence-electron chi connectivity index (χ2n) is 11.3. The molecule has 208 valence electrons. The van der Waals surface area contributed by atoms with E-state index in [9.17, 15) is 34.2 Å². The van der Waals surface area contributed by atoms with Crippen molar-refractivity contribution in [1.29, 1.82) is 0 Å². The minimum atomic E-state index is -1.18. The van der Waals surface area contributed by atoms with Crippen molar-refractivity contribution in [2.24, 2.45) is 17.8 Å². The molecule has 2 N–H and O–H groups in total. The molecule has 4 aliphatic rings. The van der Waals surface area contributed by atoms with E-state index in [0.717, 1.165) is 21.2 Å². The van der Waals surface area contributed by atoms with Crippen molar-refractivity contribution in [3.8, 4) is 5.75 Å². The number of Topliss-reactive ketones (excluding diaryl/α,β-unsaturated/α-hetero) is 1. The van der Waals surface area contributed by atoms with Gasteiger partial charge in [0.15, 0.2) is 11.6 Å². The number of amides is 2. The van der Waals surface area contributed by atoms with Crippen LogP contribution in [0.1, 0.15) is 41.6 Å². The number of rotatable bonds is 3. The van der Waals surface area contributed by atoms with Gasteiger partial charge in [0, 0.05) is 28.2 Å². The van der Waals surface area contributed by atoms with E-state index in [0.29, 0.717) is 22.3 Å². The van der Waals surface area contributed by atoms with E-state index in [1.165, 1.54) is 30.3 Å². The summed E-state index contributed by atoms with van der Waals surface area (Å²) in [5.41, 5.74) is 2.30. The smallest absolute Gasteiger partial charge is 0.335 e. The number of hydrogen-bond acceptors (Lipinski definition) is 6. The number of benzene rings is 3. The number of phenols is 1. The molecule has 8 heteroatoms. The highest BCUT2D eigenvalue weighted by Crippen LogP contribution is 2.57. The van der Waals surface area contributed by atoms with Crippen LogP contribution in [0, 0.1) is 17.8 Å². The summed E-state index contributed by atoms with van der Waals surface area (Å²) in [5.74, 6) is -5.53. The van der Waals surface area contributed by atoms with E-state index >= 15 is 0 Å². The van der Waals surface area contributed by atoms with Crippen LogP contribution in [0.4, 0.5) is 5.69 Å². The van der Waals surface area contributed by atoms with E-state index < -0.39 is 41.5 Å². The predicted molar refractivity (Wildman–Crippen MR) is 153 cm³/mol. The Hall–Kier alpha value is -5.11. The first kappa shape index (κ1) is 25.8. The van der Waals surface area contributed by atoms with Crippen molar-refractivity contribution in [3.63, 3.8) is 0 Å². The van der Waals surface area contributed by atoms with Gasteiger partial charge in [0.2, 0.25) is 11.8 Å². The maximum Gasteiger partial charge on any atom is 0.335 e. The minimum Gasteiger partial charge on any atom is -0.508 e. The summed E-state index contributed by atoms with van der Waals surface area (Å²) >= 11 is 0. The highest BCUT2D eigenvalue weighted by Gasteiger charge is 2.57. The molecule has 3 aromatic rings. The standard InChI is InChI=1S/C34H25NO7/c1-16-13-26(37)24-15-23-21(29(30(24)31(16)38)28-20-8-3-2-5-17(20)9-12-25(28)36)10-11-22-27(23)33(40)35(32(22)39)19-7-4-6-18(14-19)34(41)42/h2-10,12-14,22-23,27,29,36H,11,15H2,1H3,(H,41,42). The summed E-state index contributed by atoms with van der Waals surface area (Å²) < 4.78 is 0. The number of anilines is 1. The molecule has 8 nitrogen and oxygen atoms in total. The summed E-state index contributed by atoms with van der Waals surface area (Å²) in [5, 5.41) is 22.3. The van der Waals surface area contributed by atoms with Gasteiger partial charge in [-0.15, -0.1) is 0 Å². The predicted octanol–water partition coefficient (Wildman–Crippen LogP) is 4.88. The van der Waals surface area contributed by atoms with Crippen LogP contribution in [0.25, 0.3) is 10.8 Å². The molecular weight excluding hydrogens is 534 g/mol. The summed E-state index contributed by atoms with van der Waals surface area (Å²) in [7, 11) is 0. The zero-order valence-corrected chi connectivity index (χ0v) is 22.5. The van der Waals surface area contributed by atoms with Crippen LogP contribution in [0.3, 0.4) is 0 Å². The molecule has 1 saturated heterocycles. The number of carbonyl (C=O) groups excluding carboxylic acids is 4. The lowest BCUT2D eigenvalue weighted by molar-refractivity contribution is -0.123. The number of allylic oxidation sites excluding steroid dienone is 6. The second kappa shape index (κ2) is 9.21. The number of carboxylic acid groups (broad SMARTS) is 1. The van der Waals surface area contributed by atoms with Gasteiger partial charge in [-0.25, -0.2) is 4.79 Å². The molecule has 0 saturated carbocycles. The molecule has 0 aromatic heterocycles. The average molecular weight is 560 g/mol. The molecule has 1 fully saturated rings. The normalized spacial score (nSPS) is 25.2. The maximum absolute atomic E-state index is 14.1. The molecular formula is C34H25NO7. The van der Waals surface area contributed by atoms with Gasteiger partial charge in [-0.2, -0.15) is 0 Å². The van der Waals surface area contributed by atoms with Crippen molar-refractivity contribution in [1.82, 2.24) is 0 Å². The van der Waals surface area contributed by atoms with E-state index in [-0.39, 0.29) is 41.4 Å². The van der Waals surface area contributed by atoms with Crippen molar-refractivity contribution in [2.45, 2.75) is 25.7 Å². The van der Waals surface area contributed by atoms with Gasteiger partial charge in [0.1, 0.15) is 5.75 Å². The summed E-state index contributed by atoms with van der Waals surface area (Å²) in [6.07, 6.45) is 3.56. The van der Waals surface area contributed by atoms with Crippen LogP contribution in [-0.2, 0) is 19.2 Å². The number of aromatic carboxylic acids is 1. The molecule has 4 unspecified atom stereocenters. The summed E-state index contributed by atoms with van der Waals surface area (Å²) in [4.78, 5) is 67.5. The third-order valence-electron chi connectivity index (χ3n) is 9.15. The summed E-state index contributed by atoms with van der Waals surface area (Å²) in [6, 6.07) is 16.6. The van der Waals surface area contributed by atoms with Crippen LogP contribution in [0.5, 0.6) is 5.75 Å². The van der Waals surface area contributed by atoms with Crippen LogP contribution in [0.2, 0.25) is 0 Å². The SMILES string of the molecule is CC1=CC(=O)C2=C(C1=O)C(c1c(O)ccc3ccccc13)C1=CCC3C(=O)N(c4cccc(C(=O)O)c4)C(=O)C3C1C2. The molecule has 1 aliphatic heterocycles. The van der Waals surface area contributed by atoms with Gasteiger partial charge in [-0.3, -0.25) is 24.1 Å².